The van der Waals surface area contributed by atoms with Crippen LogP contribution in [0.4, 0.5) is 0 Å². The van der Waals surface area contributed by atoms with Gasteiger partial charge in [-0.1, -0.05) is 70.1 Å². The number of amides is 6. The van der Waals surface area contributed by atoms with E-state index in [0.717, 1.165) is 43.6 Å². The molecule has 1 aromatic heterocycles. The Morgan fingerprint density at radius 3 is 2.28 bits per heavy atom. The van der Waals surface area contributed by atoms with Crippen molar-refractivity contribution in [3.05, 3.63) is 71.9 Å². The van der Waals surface area contributed by atoms with Gasteiger partial charge in [0, 0.05) is 35.0 Å². The maximum absolute atomic E-state index is 14.1. The summed E-state index contributed by atoms with van der Waals surface area (Å²) >= 11 is 0. The van der Waals surface area contributed by atoms with Crippen molar-refractivity contribution < 1.29 is 33.9 Å². The van der Waals surface area contributed by atoms with Gasteiger partial charge in [0.25, 0.3) is 0 Å². The lowest BCUT2D eigenvalue weighted by Gasteiger charge is -2.28. The van der Waals surface area contributed by atoms with E-state index < -0.39 is 77.8 Å². The number of nitrogens with two attached hydrogens (primary N) is 3. The molecule has 0 spiro atoms. The first-order valence-electron chi connectivity index (χ1n) is 17.7. The number of para-hydroxylation sites is 1. The minimum absolute atomic E-state index is 0.0106. The molecule has 2 heterocycles. The molecule has 3 aromatic rings. The lowest BCUT2D eigenvalue weighted by Crippen LogP contribution is -2.61. The van der Waals surface area contributed by atoms with E-state index in [1.165, 1.54) is 6.92 Å². The molecule has 1 saturated heterocycles. The number of nitrogens with one attached hydrogen (secondary N) is 6. The predicted molar refractivity (Wildman–Crippen MR) is 208 cm³/mol. The first-order chi connectivity index (χ1) is 25.9. The van der Waals surface area contributed by atoms with Crippen LogP contribution in [0.15, 0.2) is 60.8 Å². The van der Waals surface area contributed by atoms with Crippen LogP contribution >= 0.6 is 21.6 Å². The molecular formula is C36H49N9O7S2. The van der Waals surface area contributed by atoms with Crippen molar-refractivity contribution in [3.8, 4) is 0 Å². The third-order valence-corrected chi connectivity index (χ3v) is 11.3. The van der Waals surface area contributed by atoms with Gasteiger partial charge in [0.1, 0.15) is 30.2 Å². The zero-order chi connectivity index (χ0) is 39.2. The number of aliphatic hydroxyl groups excluding tert-OH is 1. The monoisotopic (exact) mass is 783 g/mol. The van der Waals surface area contributed by atoms with E-state index in [0.29, 0.717) is 19.4 Å². The number of fused-ring (bicyclic) bond motifs is 1. The van der Waals surface area contributed by atoms with E-state index in [2.05, 4.69) is 31.6 Å². The molecule has 2 aromatic carbocycles. The van der Waals surface area contributed by atoms with Crippen molar-refractivity contribution in [1.82, 2.24) is 31.6 Å². The Kier molecular flexibility index (Phi) is 16.2. The number of carbonyl (C=O) groups excluding carboxylic acids is 6. The van der Waals surface area contributed by atoms with Crippen molar-refractivity contribution in [2.45, 2.75) is 81.4 Å². The molecule has 7 atom stereocenters. The van der Waals surface area contributed by atoms with Gasteiger partial charge in [0.05, 0.1) is 12.1 Å². The highest BCUT2D eigenvalue weighted by atomic mass is 33.1. The average molecular weight is 784 g/mol. The third-order valence-electron chi connectivity index (χ3n) is 8.85. The number of aliphatic hydroxyl groups is 1. The van der Waals surface area contributed by atoms with Crippen LogP contribution in [0.3, 0.4) is 0 Å². The van der Waals surface area contributed by atoms with Gasteiger partial charge in [0.2, 0.25) is 35.4 Å². The van der Waals surface area contributed by atoms with Crippen molar-refractivity contribution in [3.63, 3.8) is 0 Å². The Morgan fingerprint density at radius 1 is 0.907 bits per heavy atom. The Hall–Kier alpha value is -4.62. The maximum Gasteiger partial charge on any atom is 0.244 e. The van der Waals surface area contributed by atoms with Crippen LogP contribution < -0.4 is 43.8 Å². The van der Waals surface area contributed by atoms with Crippen LogP contribution in [0.25, 0.3) is 10.9 Å². The molecule has 16 nitrogen and oxygen atoms in total. The van der Waals surface area contributed by atoms with Gasteiger partial charge in [-0.2, -0.15) is 0 Å². The van der Waals surface area contributed by atoms with E-state index >= 15 is 0 Å². The summed E-state index contributed by atoms with van der Waals surface area (Å²) in [6.45, 7) is 1.63. The number of hydrogen-bond donors (Lipinski definition) is 10. The summed E-state index contributed by atoms with van der Waals surface area (Å²) in [5, 5.41) is 24.3. The summed E-state index contributed by atoms with van der Waals surface area (Å²) in [4.78, 5) is 83.9. The molecule has 292 valence electrons. The second-order valence-corrected chi connectivity index (χ2v) is 15.6. The van der Waals surface area contributed by atoms with E-state index in [4.69, 9.17) is 17.2 Å². The Bertz CT molecular complexity index is 1760. The van der Waals surface area contributed by atoms with Crippen molar-refractivity contribution in [1.29, 1.82) is 0 Å². The summed E-state index contributed by atoms with van der Waals surface area (Å²) in [6.07, 6.45) is 1.84. The smallest absolute Gasteiger partial charge is 0.244 e. The van der Waals surface area contributed by atoms with Crippen LogP contribution in [0.1, 0.15) is 37.3 Å². The minimum atomic E-state index is -1.44. The number of primary amides is 1. The number of carbonyl (C=O) groups is 6. The van der Waals surface area contributed by atoms with Crippen molar-refractivity contribution in [2.24, 2.45) is 17.2 Å². The fourth-order valence-corrected chi connectivity index (χ4v) is 8.16. The highest BCUT2D eigenvalue weighted by Gasteiger charge is 2.34. The largest absolute Gasteiger partial charge is 0.391 e. The first-order valence-corrected chi connectivity index (χ1v) is 20.1. The molecule has 13 N–H and O–H groups in total. The molecule has 6 amide bonds. The van der Waals surface area contributed by atoms with Crippen LogP contribution in [-0.2, 0) is 41.6 Å². The van der Waals surface area contributed by atoms with Gasteiger partial charge in [-0.3, -0.25) is 28.8 Å². The highest BCUT2D eigenvalue weighted by molar-refractivity contribution is 8.76. The second kappa shape index (κ2) is 20.7. The molecule has 0 bridgehead atoms. The van der Waals surface area contributed by atoms with Gasteiger partial charge in [-0.15, -0.1) is 0 Å². The normalized spacial score (nSPS) is 21.7. The van der Waals surface area contributed by atoms with Gasteiger partial charge < -0.3 is 53.9 Å². The lowest BCUT2D eigenvalue weighted by atomic mass is 10.0. The summed E-state index contributed by atoms with van der Waals surface area (Å²) in [6, 6.07) is 9.47. The molecular weight excluding hydrogens is 735 g/mol. The van der Waals surface area contributed by atoms with E-state index in [9.17, 15) is 33.9 Å². The van der Waals surface area contributed by atoms with Gasteiger partial charge >= 0.3 is 0 Å². The number of H-pyrrole nitrogens is 1. The molecule has 0 saturated carbocycles. The van der Waals surface area contributed by atoms with Gasteiger partial charge in [-0.25, -0.2) is 0 Å². The quantitative estimate of drug-likeness (QED) is 0.0707. The fourth-order valence-electron chi connectivity index (χ4n) is 5.83. The second-order valence-electron chi connectivity index (χ2n) is 13.1. The summed E-state index contributed by atoms with van der Waals surface area (Å²) in [5.41, 5.74) is 19.7. The van der Waals surface area contributed by atoms with Gasteiger partial charge in [0.15, 0.2) is 0 Å². The Morgan fingerprint density at radius 2 is 1.57 bits per heavy atom. The van der Waals surface area contributed by atoms with E-state index in [1.807, 2.05) is 54.6 Å². The molecule has 18 heteroatoms. The summed E-state index contributed by atoms with van der Waals surface area (Å²) < 4.78 is 0. The zero-order valence-corrected chi connectivity index (χ0v) is 31.6. The van der Waals surface area contributed by atoms with Crippen LogP contribution in [0.5, 0.6) is 0 Å². The highest BCUT2D eigenvalue weighted by Crippen LogP contribution is 2.24. The van der Waals surface area contributed by atoms with Crippen molar-refractivity contribution in [2.75, 3.05) is 18.1 Å². The number of aromatic amines is 1. The van der Waals surface area contributed by atoms with Crippen molar-refractivity contribution >= 4 is 67.9 Å². The lowest BCUT2D eigenvalue weighted by molar-refractivity contribution is -0.135. The maximum atomic E-state index is 14.1. The molecule has 4 rings (SSSR count). The molecule has 0 aliphatic carbocycles. The fraction of sp³-hybridized carbons (Fsp3) is 0.444. The summed E-state index contributed by atoms with van der Waals surface area (Å²) in [7, 11) is 2.27. The standard InChI is InChI=1S/C36H49N9O7S2/c1-20(46)30(31(39)47)45-36(52)29-19-54-53-18-28(43-32(48)24(38)15-21-9-3-2-4-10-21)35(51)42-27(16-22-17-40-25-12-6-5-11-23(22)25)34(50)41-26(33(49)44-29)13-7-8-14-37/h2-6,9-12,17,20,24,26-30,40,46H,7-8,13-16,18-19,37-38H2,1H3,(H2,39,47)(H,41,50)(H,42,51)(H,43,48)(H,44,49)(H,45,52)/t20-,24-,26+,27-,28+,29+,30+/m1/s1. The number of aromatic nitrogens is 1. The topological polar surface area (TPSA) is 277 Å². The number of rotatable bonds is 14. The first kappa shape index (κ1) is 42.1. The van der Waals surface area contributed by atoms with Crippen LogP contribution in [0, 0.1) is 0 Å². The third kappa shape index (κ3) is 12.2. The van der Waals surface area contributed by atoms with Crippen LogP contribution in [-0.4, -0.2) is 106 Å². The number of benzene rings is 2. The average Bonchev–Trinajstić information content (AvgIpc) is 3.55. The number of hydrogen-bond acceptors (Lipinski definition) is 11. The molecule has 0 unspecified atom stereocenters. The van der Waals surface area contributed by atoms with E-state index in [-0.39, 0.29) is 30.8 Å². The van der Waals surface area contributed by atoms with Crippen LogP contribution in [0.2, 0.25) is 0 Å². The molecule has 0 radical (unpaired) electrons. The SMILES string of the molecule is C[C@@H](O)[C@H](NC(=O)[C@@H]1CSSC[C@H](NC(=O)[C@H](N)Cc2ccccc2)C(=O)N[C@H](Cc2c[nH]c3ccccc23)C(=O)N[C@@H](CCCCN)C(=O)N1)C(N)=O. The Labute approximate surface area is 321 Å². The zero-order valence-electron chi connectivity index (χ0n) is 29.9. The summed E-state index contributed by atoms with van der Waals surface area (Å²) in [5.74, 6) is -4.42. The predicted octanol–water partition coefficient (Wildman–Crippen LogP) is -0.905. The van der Waals surface area contributed by atoms with Gasteiger partial charge in [-0.05, 0) is 56.3 Å². The number of unbranched alkanes of at least 4 members (excludes halogenated alkanes) is 1. The molecule has 1 fully saturated rings. The molecule has 1 aliphatic heterocycles. The Balaban J connectivity index is 1.65. The van der Waals surface area contributed by atoms with E-state index in [1.54, 1.807) is 6.20 Å². The molecule has 1 aliphatic rings. The molecule has 54 heavy (non-hydrogen) atoms. The minimum Gasteiger partial charge on any atom is -0.391 e.